The molecule has 0 aliphatic rings. The number of anilines is 1. The lowest BCUT2D eigenvalue weighted by Crippen LogP contribution is -2.00. The standard InChI is InChI=1S/C14H17N3S/c1-3-10(2)18-13-9-12(15)16-14(17-13)11-7-5-4-6-8-11/h4-10H,3H2,1-2H3,(H2,15,16,17). The zero-order chi connectivity index (χ0) is 13.0. The summed E-state index contributed by atoms with van der Waals surface area (Å²) >= 11 is 1.74. The van der Waals surface area contributed by atoms with Crippen molar-refractivity contribution in [2.45, 2.75) is 30.5 Å². The van der Waals surface area contributed by atoms with E-state index in [1.807, 2.05) is 36.4 Å². The maximum Gasteiger partial charge on any atom is 0.162 e. The molecule has 0 spiro atoms. The highest BCUT2D eigenvalue weighted by Gasteiger charge is 2.08. The number of rotatable bonds is 4. The second-order valence-corrected chi connectivity index (χ2v) is 5.62. The second kappa shape index (κ2) is 5.87. The van der Waals surface area contributed by atoms with E-state index >= 15 is 0 Å². The predicted octanol–water partition coefficient (Wildman–Crippen LogP) is 3.62. The highest BCUT2D eigenvalue weighted by molar-refractivity contribution is 7.99. The predicted molar refractivity (Wildman–Crippen MR) is 77.5 cm³/mol. The van der Waals surface area contributed by atoms with Crippen LogP contribution in [0.1, 0.15) is 20.3 Å². The molecule has 0 radical (unpaired) electrons. The number of aromatic nitrogens is 2. The van der Waals surface area contributed by atoms with Crippen molar-refractivity contribution in [1.29, 1.82) is 0 Å². The molecule has 0 amide bonds. The van der Waals surface area contributed by atoms with Gasteiger partial charge in [0.15, 0.2) is 5.82 Å². The number of nitrogen functional groups attached to an aromatic ring is 1. The fourth-order valence-electron chi connectivity index (χ4n) is 1.51. The van der Waals surface area contributed by atoms with Crippen molar-refractivity contribution in [3.05, 3.63) is 36.4 Å². The van der Waals surface area contributed by atoms with Gasteiger partial charge >= 0.3 is 0 Å². The Bertz CT molecular complexity index is 514. The van der Waals surface area contributed by atoms with Crippen molar-refractivity contribution in [2.75, 3.05) is 5.73 Å². The number of thioether (sulfide) groups is 1. The van der Waals surface area contributed by atoms with Crippen LogP contribution >= 0.6 is 11.8 Å². The quantitative estimate of drug-likeness (QED) is 0.673. The summed E-state index contributed by atoms with van der Waals surface area (Å²) in [6.07, 6.45) is 1.11. The molecule has 94 valence electrons. The molecule has 2 rings (SSSR count). The Labute approximate surface area is 112 Å². The largest absolute Gasteiger partial charge is 0.384 e. The summed E-state index contributed by atoms with van der Waals surface area (Å²) in [5.74, 6) is 1.22. The number of hydrogen-bond acceptors (Lipinski definition) is 4. The van der Waals surface area contributed by atoms with Gasteiger partial charge in [-0.25, -0.2) is 9.97 Å². The number of nitrogens with zero attached hydrogens (tertiary/aromatic N) is 2. The van der Waals surface area contributed by atoms with E-state index in [9.17, 15) is 0 Å². The third-order valence-electron chi connectivity index (χ3n) is 2.65. The van der Waals surface area contributed by atoms with Crippen LogP contribution in [0.25, 0.3) is 11.4 Å². The van der Waals surface area contributed by atoms with Gasteiger partial charge in [0, 0.05) is 16.9 Å². The zero-order valence-corrected chi connectivity index (χ0v) is 11.4. The Hall–Kier alpha value is -1.55. The third-order valence-corrected chi connectivity index (χ3v) is 3.84. The molecule has 0 aliphatic heterocycles. The lowest BCUT2D eigenvalue weighted by Gasteiger charge is -2.09. The zero-order valence-electron chi connectivity index (χ0n) is 10.6. The minimum absolute atomic E-state index is 0.523. The van der Waals surface area contributed by atoms with Crippen molar-refractivity contribution in [3.8, 4) is 11.4 Å². The molecule has 0 saturated carbocycles. The number of benzene rings is 1. The average Bonchev–Trinajstić information content (AvgIpc) is 2.39. The molecular formula is C14H17N3S. The molecule has 3 nitrogen and oxygen atoms in total. The van der Waals surface area contributed by atoms with Crippen LogP contribution in [-0.2, 0) is 0 Å². The summed E-state index contributed by atoms with van der Waals surface area (Å²) in [4.78, 5) is 8.85. The second-order valence-electron chi connectivity index (χ2n) is 4.16. The van der Waals surface area contributed by atoms with Gasteiger partial charge < -0.3 is 5.73 Å². The number of nitrogens with two attached hydrogens (primary N) is 1. The Morgan fingerprint density at radius 1 is 1.22 bits per heavy atom. The lowest BCUT2D eigenvalue weighted by molar-refractivity contribution is 0.900. The molecule has 1 aromatic carbocycles. The van der Waals surface area contributed by atoms with Crippen LogP contribution in [0.2, 0.25) is 0 Å². The van der Waals surface area contributed by atoms with E-state index in [2.05, 4.69) is 23.8 Å². The summed E-state index contributed by atoms with van der Waals surface area (Å²) in [6.45, 7) is 4.35. The first-order chi connectivity index (χ1) is 8.69. The topological polar surface area (TPSA) is 51.8 Å². The number of hydrogen-bond donors (Lipinski definition) is 1. The van der Waals surface area contributed by atoms with Gasteiger partial charge in [0.05, 0.1) is 0 Å². The van der Waals surface area contributed by atoms with Crippen molar-refractivity contribution in [1.82, 2.24) is 9.97 Å². The van der Waals surface area contributed by atoms with Gasteiger partial charge in [-0.2, -0.15) is 0 Å². The molecule has 1 atom stereocenters. The minimum atomic E-state index is 0.523. The van der Waals surface area contributed by atoms with Crippen LogP contribution in [0.3, 0.4) is 0 Å². The molecule has 1 heterocycles. The van der Waals surface area contributed by atoms with E-state index in [0.717, 1.165) is 17.0 Å². The maximum atomic E-state index is 5.85. The summed E-state index contributed by atoms with van der Waals surface area (Å²) in [6, 6.07) is 11.7. The van der Waals surface area contributed by atoms with Crippen molar-refractivity contribution in [3.63, 3.8) is 0 Å². The first-order valence-corrected chi connectivity index (χ1v) is 6.93. The van der Waals surface area contributed by atoms with Gasteiger partial charge in [0.2, 0.25) is 0 Å². The Morgan fingerprint density at radius 3 is 2.61 bits per heavy atom. The maximum absolute atomic E-state index is 5.85. The van der Waals surface area contributed by atoms with E-state index in [4.69, 9.17) is 5.73 Å². The summed E-state index contributed by atoms with van der Waals surface area (Å²) in [7, 11) is 0. The molecule has 1 aromatic heterocycles. The summed E-state index contributed by atoms with van der Waals surface area (Å²) < 4.78 is 0. The molecule has 18 heavy (non-hydrogen) atoms. The van der Waals surface area contributed by atoms with Crippen LogP contribution in [0, 0.1) is 0 Å². The highest BCUT2D eigenvalue weighted by atomic mass is 32.2. The molecule has 1 unspecified atom stereocenters. The van der Waals surface area contributed by atoms with Gasteiger partial charge in [-0.1, -0.05) is 44.2 Å². The Kier molecular flexibility index (Phi) is 4.20. The molecule has 2 N–H and O–H groups in total. The van der Waals surface area contributed by atoms with Crippen molar-refractivity contribution in [2.24, 2.45) is 0 Å². The monoisotopic (exact) mass is 259 g/mol. The van der Waals surface area contributed by atoms with E-state index < -0.39 is 0 Å². The fraction of sp³-hybridized carbons (Fsp3) is 0.286. The first kappa shape index (κ1) is 12.9. The summed E-state index contributed by atoms with van der Waals surface area (Å²) in [5.41, 5.74) is 6.85. The highest BCUT2D eigenvalue weighted by Crippen LogP contribution is 2.26. The molecule has 2 aromatic rings. The lowest BCUT2D eigenvalue weighted by atomic mass is 10.2. The van der Waals surface area contributed by atoms with Crippen molar-refractivity contribution >= 4 is 17.6 Å². The summed E-state index contributed by atoms with van der Waals surface area (Å²) in [5, 5.41) is 1.47. The van der Waals surface area contributed by atoms with Crippen LogP contribution < -0.4 is 5.73 Å². The van der Waals surface area contributed by atoms with Crippen LogP contribution in [0.5, 0.6) is 0 Å². The minimum Gasteiger partial charge on any atom is -0.384 e. The molecule has 0 bridgehead atoms. The van der Waals surface area contributed by atoms with E-state index in [1.165, 1.54) is 0 Å². The normalized spacial score (nSPS) is 12.3. The van der Waals surface area contributed by atoms with Gasteiger partial charge in [0.25, 0.3) is 0 Å². The van der Waals surface area contributed by atoms with Crippen molar-refractivity contribution < 1.29 is 0 Å². The third kappa shape index (κ3) is 3.23. The van der Waals surface area contributed by atoms with Crippen LogP contribution in [0.4, 0.5) is 5.82 Å². The van der Waals surface area contributed by atoms with Gasteiger partial charge in [0.1, 0.15) is 10.8 Å². The van der Waals surface area contributed by atoms with Gasteiger partial charge in [-0.05, 0) is 6.42 Å². The average molecular weight is 259 g/mol. The van der Waals surface area contributed by atoms with Gasteiger partial charge in [-0.15, -0.1) is 11.8 Å². The van der Waals surface area contributed by atoms with E-state index in [0.29, 0.717) is 16.9 Å². The fourth-order valence-corrected chi connectivity index (χ4v) is 2.42. The first-order valence-electron chi connectivity index (χ1n) is 6.05. The molecule has 4 heteroatoms. The van der Waals surface area contributed by atoms with Crippen LogP contribution in [0.15, 0.2) is 41.4 Å². The van der Waals surface area contributed by atoms with Crippen LogP contribution in [-0.4, -0.2) is 15.2 Å². The SMILES string of the molecule is CCC(C)Sc1cc(N)nc(-c2ccccc2)n1. The van der Waals surface area contributed by atoms with E-state index in [1.54, 1.807) is 11.8 Å². The molecule has 0 saturated heterocycles. The Morgan fingerprint density at radius 2 is 1.94 bits per heavy atom. The smallest absolute Gasteiger partial charge is 0.162 e. The molecule has 0 aliphatic carbocycles. The molecular weight excluding hydrogens is 242 g/mol. The van der Waals surface area contributed by atoms with Gasteiger partial charge in [-0.3, -0.25) is 0 Å². The Balaban J connectivity index is 2.32. The van der Waals surface area contributed by atoms with E-state index in [-0.39, 0.29) is 0 Å². The molecule has 0 fully saturated rings.